The Bertz CT molecular complexity index is 563. The Kier molecular flexibility index (Phi) is 6.90. The van der Waals surface area contributed by atoms with E-state index in [1.165, 1.54) is 4.88 Å². The standard InChI is InChI=1S/C17H30N4S.HI/c1-8-18-15(21-11-16(4,5)17(21,6)7)19-10-9-14-12(2)20-13(3)22-14;/h8-11H2,1-7H3,(H,18,19);1H. The number of aryl methyl sites for hydroxylation is 2. The SMILES string of the molecule is CCNC(=NCCc1sc(C)nc1C)N1CC(C)(C)C1(C)C.I. The molecular formula is C17H31IN4S. The first kappa shape index (κ1) is 20.7. The highest BCUT2D eigenvalue weighted by molar-refractivity contribution is 14.0. The molecule has 1 saturated heterocycles. The quantitative estimate of drug-likeness (QED) is 0.428. The maximum Gasteiger partial charge on any atom is 0.194 e. The maximum absolute atomic E-state index is 4.85. The molecule has 1 N–H and O–H groups in total. The molecule has 1 aliphatic rings. The van der Waals surface area contributed by atoms with Gasteiger partial charge in [-0.05, 0) is 34.6 Å². The van der Waals surface area contributed by atoms with Crippen molar-refractivity contribution < 1.29 is 0 Å². The van der Waals surface area contributed by atoms with E-state index in [-0.39, 0.29) is 29.5 Å². The molecule has 2 rings (SSSR count). The molecule has 0 aliphatic carbocycles. The fourth-order valence-electron chi connectivity index (χ4n) is 2.86. The number of aromatic nitrogens is 1. The van der Waals surface area contributed by atoms with Crippen molar-refractivity contribution in [3.63, 3.8) is 0 Å². The summed E-state index contributed by atoms with van der Waals surface area (Å²) in [6.45, 7) is 18.3. The summed E-state index contributed by atoms with van der Waals surface area (Å²) in [5.41, 5.74) is 1.63. The van der Waals surface area contributed by atoms with Gasteiger partial charge in [-0.2, -0.15) is 0 Å². The van der Waals surface area contributed by atoms with Crippen molar-refractivity contribution >= 4 is 41.3 Å². The van der Waals surface area contributed by atoms with Crippen LogP contribution in [-0.2, 0) is 6.42 Å². The molecular weight excluding hydrogens is 419 g/mol. The Hall–Kier alpha value is -0.370. The lowest BCUT2D eigenvalue weighted by Gasteiger charge is -2.62. The molecule has 1 fully saturated rings. The molecule has 0 aromatic carbocycles. The van der Waals surface area contributed by atoms with Gasteiger partial charge in [0.05, 0.1) is 10.7 Å². The lowest BCUT2D eigenvalue weighted by molar-refractivity contribution is -0.0667. The molecule has 132 valence electrons. The van der Waals surface area contributed by atoms with Gasteiger partial charge in [-0.25, -0.2) is 4.98 Å². The first-order chi connectivity index (χ1) is 10.2. The van der Waals surface area contributed by atoms with Crippen LogP contribution < -0.4 is 5.32 Å². The Labute approximate surface area is 162 Å². The summed E-state index contributed by atoms with van der Waals surface area (Å²) in [6, 6.07) is 0. The fourth-order valence-corrected chi connectivity index (χ4v) is 3.79. The summed E-state index contributed by atoms with van der Waals surface area (Å²) in [4.78, 5) is 13.1. The monoisotopic (exact) mass is 450 g/mol. The van der Waals surface area contributed by atoms with E-state index >= 15 is 0 Å². The highest BCUT2D eigenvalue weighted by Gasteiger charge is 2.53. The van der Waals surface area contributed by atoms with E-state index in [0.29, 0.717) is 5.41 Å². The summed E-state index contributed by atoms with van der Waals surface area (Å²) < 4.78 is 0. The molecule has 0 amide bonds. The predicted octanol–water partition coefficient (Wildman–Crippen LogP) is 4.01. The molecule has 4 nitrogen and oxygen atoms in total. The van der Waals surface area contributed by atoms with Crippen LogP contribution in [0.4, 0.5) is 0 Å². The molecule has 1 aliphatic heterocycles. The third-order valence-electron chi connectivity index (χ3n) is 5.08. The number of aliphatic imine (C=N–C) groups is 1. The lowest BCUT2D eigenvalue weighted by Crippen LogP contribution is -2.72. The number of halogens is 1. The van der Waals surface area contributed by atoms with Gasteiger partial charge in [0.15, 0.2) is 5.96 Å². The normalized spacial score (nSPS) is 19.1. The summed E-state index contributed by atoms with van der Waals surface area (Å²) in [6.07, 6.45) is 0.976. The highest BCUT2D eigenvalue weighted by atomic mass is 127. The Morgan fingerprint density at radius 1 is 1.30 bits per heavy atom. The summed E-state index contributed by atoms with van der Waals surface area (Å²) in [7, 11) is 0. The van der Waals surface area contributed by atoms with Crippen LogP contribution in [0.1, 0.15) is 50.2 Å². The van der Waals surface area contributed by atoms with Crippen LogP contribution in [0.5, 0.6) is 0 Å². The zero-order valence-corrected chi connectivity index (χ0v) is 18.6. The number of hydrogen-bond acceptors (Lipinski definition) is 3. The second kappa shape index (κ2) is 7.68. The number of nitrogens with zero attached hydrogens (tertiary/aromatic N) is 3. The lowest BCUT2D eigenvalue weighted by atomic mass is 9.65. The van der Waals surface area contributed by atoms with Crippen LogP contribution in [0.3, 0.4) is 0 Å². The van der Waals surface area contributed by atoms with Crippen LogP contribution in [-0.4, -0.2) is 41.0 Å². The summed E-state index contributed by atoms with van der Waals surface area (Å²) >= 11 is 1.79. The minimum Gasteiger partial charge on any atom is -0.356 e. The molecule has 0 bridgehead atoms. The van der Waals surface area contributed by atoms with Crippen molar-refractivity contribution in [2.75, 3.05) is 19.6 Å². The predicted molar refractivity (Wildman–Crippen MR) is 111 cm³/mol. The van der Waals surface area contributed by atoms with Gasteiger partial charge < -0.3 is 10.2 Å². The highest BCUT2D eigenvalue weighted by Crippen LogP contribution is 2.46. The molecule has 1 aromatic rings. The number of thiazole rings is 1. The molecule has 0 radical (unpaired) electrons. The van der Waals surface area contributed by atoms with Gasteiger partial charge >= 0.3 is 0 Å². The van der Waals surface area contributed by atoms with Crippen molar-refractivity contribution in [2.45, 2.75) is 60.4 Å². The van der Waals surface area contributed by atoms with Crippen LogP contribution >= 0.6 is 35.3 Å². The van der Waals surface area contributed by atoms with Crippen LogP contribution in [0, 0.1) is 19.3 Å². The Balaban J connectivity index is 0.00000264. The van der Waals surface area contributed by atoms with Crippen molar-refractivity contribution in [2.24, 2.45) is 10.4 Å². The Morgan fingerprint density at radius 2 is 1.96 bits per heavy atom. The van der Waals surface area contributed by atoms with E-state index < -0.39 is 0 Å². The van der Waals surface area contributed by atoms with Gasteiger partial charge in [0.25, 0.3) is 0 Å². The smallest absolute Gasteiger partial charge is 0.194 e. The van der Waals surface area contributed by atoms with Crippen LogP contribution in [0.25, 0.3) is 0 Å². The molecule has 6 heteroatoms. The van der Waals surface area contributed by atoms with Crippen molar-refractivity contribution in [1.29, 1.82) is 0 Å². The number of nitrogens with one attached hydrogen (secondary N) is 1. The van der Waals surface area contributed by atoms with E-state index in [0.717, 1.165) is 42.7 Å². The average Bonchev–Trinajstić information content (AvgIpc) is 2.73. The number of hydrogen-bond donors (Lipinski definition) is 1. The molecule has 0 saturated carbocycles. The second-order valence-electron chi connectivity index (χ2n) is 7.26. The van der Waals surface area contributed by atoms with Crippen LogP contribution in [0.15, 0.2) is 4.99 Å². The van der Waals surface area contributed by atoms with Crippen molar-refractivity contribution in [3.05, 3.63) is 15.6 Å². The molecule has 0 spiro atoms. The largest absolute Gasteiger partial charge is 0.356 e. The van der Waals surface area contributed by atoms with Crippen LogP contribution in [0.2, 0.25) is 0 Å². The van der Waals surface area contributed by atoms with E-state index in [1.54, 1.807) is 11.3 Å². The van der Waals surface area contributed by atoms with Gasteiger partial charge in [-0.15, -0.1) is 35.3 Å². The minimum absolute atomic E-state index is 0. The number of likely N-dealkylation sites (tertiary alicyclic amines) is 1. The molecule has 23 heavy (non-hydrogen) atoms. The van der Waals surface area contributed by atoms with Gasteiger partial charge in [-0.1, -0.05) is 13.8 Å². The van der Waals surface area contributed by atoms with E-state index in [9.17, 15) is 0 Å². The summed E-state index contributed by atoms with van der Waals surface area (Å²) in [5.74, 6) is 1.05. The first-order valence-corrected chi connectivity index (χ1v) is 8.99. The topological polar surface area (TPSA) is 40.5 Å². The molecule has 0 unspecified atom stereocenters. The van der Waals surface area contributed by atoms with Gasteiger partial charge in [0.2, 0.25) is 0 Å². The average molecular weight is 450 g/mol. The zero-order valence-electron chi connectivity index (χ0n) is 15.5. The Morgan fingerprint density at radius 3 is 2.39 bits per heavy atom. The third kappa shape index (κ3) is 4.18. The molecule has 0 atom stereocenters. The second-order valence-corrected chi connectivity index (χ2v) is 8.54. The van der Waals surface area contributed by atoms with Crippen molar-refractivity contribution in [3.8, 4) is 0 Å². The van der Waals surface area contributed by atoms with Crippen molar-refractivity contribution in [1.82, 2.24) is 15.2 Å². The van der Waals surface area contributed by atoms with E-state index in [1.807, 2.05) is 0 Å². The van der Waals surface area contributed by atoms with E-state index in [2.05, 4.69) is 63.7 Å². The maximum atomic E-state index is 4.85. The molecule has 1 aromatic heterocycles. The first-order valence-electron chi connectivity index (χ1n) is 8.18. The fraction of sp³-hybridized carbons (Fsp3) is 0.765. The minimum atomic E-state index is 0. The molecule has 2 heterocycles. The number of rotatable bonds is 4. The van der Waals surface area contributed by atoms with Gasteiger partial charge in [-0.3, -0.25) is 4.99 Å². The van der Waals surface area contributed by atoms with Gasteiger partial charge in [0, 0.05) is 41.9 Å². The summed E-state index contributed by atoms with van der Waals surface area (Å²) in [5, 5.41) is 4.59. The van der Waals surface area contributed by atoms with E-state index in [4.69, 9.17) is 4.99 Å². The number of guanidine groups is 1. The third-order valence-corrected chi connectivity index (χ3v) is 6.21. The van der Waals surface area contributed by atoms with Gasteiger partial charge in [0.1, 0.15) is 0 Å². The zero-order chi connectivity index (χ0) is 16.5.